The Kier molecular flexibility index (Phi) is 6.45. The van der Waals surface area contributed by atoms with E-state index in [1.54, 1.807) is 4.90 Å². The highest BCUT2D eigenvalue weighted by molar-refractivity contribution is 5.16. The highest BCUT2D eigenvalue weighted by Crippen LogP contribution is 2.20. The molecule has 148 valence electrons. The fourth-order valence-corrected chi connectivity index (χ4v) is 4.54. The zero-order valence-electron chi connectivity index (χ0n) is 17.0. The van der Waals surface area contributed by atoms with Crippen LogP contribution in [0.2, 0.25) is 0 Å². The molecule has 3 heteroatoms. The Morgan fingerprint density at radius 3 is 2.32 bits per heavy atom. The number of ether oxygens (including phenoxy) is 1. The van der Waals surface area contributed by atoms with Crippen molar-refractivity contribution in [2.24, 2.45) is 0 Å². The first-order valence-electron chi connectivity index (χ1n) is 10.7. The van der Waals surface area contributed by atoms with Crippen LogP contribution in [0.5, 0.6) is 0 Å². The van der Waals surface area contributed by atoms with E-state index in [2.05, 4.69) is 78.7 Å². The molecule has 2 aliphatic heterocycles. The summed E-state index contributed by atoms with van der Waals surface area (Å²) in [7, 11) is 2.33. The summed E-state index contributed by atoms with van der Waals surface area (Å²) in [4.78, 5) is 4.11. The molecule has 1 N–H and O–H groups in total. The van der Waals surface area contributed by atoms with Crippen LogP contribution in [0.4, 0.5) is 0 Å². The zero-order chi connectivity index (χ0) is 19.2. The summed E-state index contributed by atoms with van der Waals surface area (Å²) in [6.45, 7) is 4.23. The molecule has 3 unspecified atom stereocenters. The molecule has 0 saturated carbocycles. The smallest absolute Gasteiger partial charge is 0.147 e. The molecule has 0 bridgehead atoms. The Morgan fingerprint density at radius 2 is 1.68 bits per heavy atom. The number of hydrogen-bond donors (Lipinski definition) is 1. The van der Waals surface area contributed by atoms with Gasteiger partial charge >= 0.3 is 0 Å². The molecular weight excluding hydrogens is 344 g/mol. The number of likely N-dealkylation sites (tertiary alicyclic amines) is 1. The van der Waals surface area contributed by atoms with E-state index in [1.807, 2.05) is 0 Å². The number of piperidine rings is 1. The van der Waals surface area contributed by atoms with Gasteiger partial charge in [-0.05, 0) is 23.6 Å². The Bertz CT molecular complexity index is 759. The summed E-state index contributed by atoms with van der Waals surface area (Å²) in [6, 6.07) is 22.4. The molecule has 4 rings (SSSR count). The molecule has 2 aromatic rings. The molecule has 2 aromatic carbocycles. The van der Waals surface area contributed by atoms with Crippen LogP contribution in [-0.4, -0.2) is 43.7 Å². The van der Waals surface area contributed by atoms with Gasteiger partial charge in [0.05, 0.1) is 18.8 Å². The van der Waals surface area contributed by atoms with Gasteiger partial charge in [0, 0.05) is 38.9 Å². The highest BCUT2D eigenvalue weighted by Gasteiger charge is 2.31. The molecule has 3 atom stereocenters. The predicted molar refractivity (Wildman–Crippen MR) is 114 cm³/mol. The summed E-state index contributed by atoms with van der Waals surface area (Å²) >= 11 is 0. The molecule has 0 radical (unpaired) electrons. The molecule has 0 aliphatic carbocycles. The fourth-order valence-electron chi connectivity index (χ4n) is 4.54. The second-order valence-electron chi connectivity index (χ2n) is 8.40. The van der Waals surface area contributed by atoms with Crippen LogP contribution in [-0.2, 0) is 17.7 Å². The van der Waals surface area contributed by atoms with Gasteiger partial charge in [0.1, 0.15) is 12.6 Å². The van der Waals surface area contributed by atoms with Crippen molar-refractivity contribution in [1.29, 1.82) is 0 Å². The Labute approximate surface area is 169 Å². The van der Waals surface area contributed by atoms with E-state index in [4.69, 9.17) is 4.74 Å². The molecule has 2 aliphatic rings. The van der Waals surface area contributed by atoms with Crippen LogP contribution in [0.1, 0.15) is 30.4 Å². The molecular formula is C25H33N2O+. The maximum absolute atomic E-state index is 6.41. The van der Waals surface area contributed by atoms with Crippen molar-refractivity contribution in [3.05, 3.63) is 83.6 Å². The number of nitrogens with one attached hydrogen (secondary N) is 1. The minimum Gasteiger partial charge on any atom is -0.489 e. The van der Waals surface area contributed by atoms with Crippen molar-refractivity contribution >= 4 is 0 Å². The van der Waals surface area contributed by atoms with E-state index in [1.165, 1.54) is 36.1 Å². The van der Waals surface area contributed by atoms with Crippen LogP contribution in [0.3, 0.4) is 0 Å². The minimum absolute atomic E-state index is 0.374. The number of quaternary nitrogens is 1. The number of rotatable bonds is 6. The lowest BCUT2D eigenvalue weighted by Crippen LogP contribution is -3.15. The topological polar surface area (TPSA) is 16.9 Å². The highest BCUT2D eigenvalue weighted by atomic mass is 16.5. The SMILES string of the molecule is C[NH+]1CC(OC2=CCN(Cc3ccccc3)CC2)CCC1Cc1ccccc1. The molecule has 0 spiro atoms. The van der Waals surface area contributed by atoms with Crippen molar-refractivity contribution < 1.29 is 9.64 Å². The third-order valence-corrected chi connectivity index (χ3v) is 6.23. The third kappa shape index (κ3) is 5.24. The Morgan fingerprint density at radius 1 is 0.964 bits per heavy atom. The number of likely N-dealkylation sites (N-methyl/N-ethyl adjacent to an activating group) is 1. The molecule has 0 aromatic heterocycles. The average Bonchev–Trinajstić information content (AvgIpc) is 2.73. The summed E-state index contributed by atoms with van der Waals surface area (Å²) in [5, 5.41) is 0. The second kappa shape index (κ2) is 9.40. The van der Waals surface area contributed by atoms with Crippen LogP contribution < -0.4 is 4.90 Å². The van der Waals surface area contributed by atoms with Gasteiger partial charge in [0.15, 0.2) is 0 Å². The Hall–Kier alpha value is -2.10. The van der Waals surface area contributed by atoms with E-state index < -0.39 is 0 Å². The standard InChI is InChI=1S/C25H32N2O/c1-26-20-25(13-12-23(26)18-21-8-4-2-5-9-21)28-24-14-16-27(17-15-24)19-22-10-6-3-7-11-22/h2-11,14,23,25H,12-13,15-20H2,1H3/p+1. The lowest BCUT2D eigenvalue weighted by Gasteiger charge is -2.36. The first-order valence-corrected chi connectivity index (χ1v) is 10.7. The molecule has 1 fully saturated rings. The van der Waals surface area contributed by atoms with Gasteiger partial charge in [0.2, 0.25) is 0 Å². The zero-order valence-corrected chi connectivity index (χ0v) is 17.0. The second-order valence-corrected chi connectivity index (χ2v) is 8.40. The molecule has 28 heavy (non-hydrogen) atoms. The summed E-state index contributed by atoms with van der Waals surface area (Å²) < 4.78 is 6.41. The lowest BCUT2D eigenvalue weighted by atomic mass is 9.95. The van der Waals surface area contributed by atoms with E-state index in [9.17, 15) is 0 Å². The molecule has 2 heterocycles. The lowest BCUT2D eigenvalue weighted by molar-refractivity contribution is -0.914. The van der Waals surface area contributed by atoms with E-state index >= 15 is 0 Å². The summed E-state index contributed by atoms with van der Waals surface area (Å²) in [5.74, 6) is 1.21. The number of hydrogen-bond acceptors (Lipinski definition) is 2. The van der Waals surface area contributed by atoms with Gasteiger partial charge in [-0.15, -0.1) is 0 Å². The van der Waals surface area contributed by atoms with Crippen molar-refractivity contribution in [2.45, 2.75) is 44.4 Å². The van der Waals surface area contributed by atoms with Gasteiger partial charge in [-0.1, -0.05) is 60.7 Å². The molecule has 3 nitrogen and oxygen atoms in total. The van der Waals surface area contributed by atoms with Gasteiger partial charge in [-0.2, -0.15) is 0 Å². The largest absolute Gasteiger partial charge is 0.489 e. The van der Waals surface area contributed by atoms with Crippen LogP contribution >= 0.6 is 0 Å². The van der Waals surface area contributed by atoms with Crippen LogP contribution in [0.25, 0.3) is 0 Å². The molecule has 1 saturated heterocycles. The van der Waals surface area contributed by atoms with Crippen molar-refractivity contribution in [3.63, 3.8) is 0 Å². The predicted octanol–water partition coefficient (Wildman–Crippen LogP) is 3.08. The van der Waals surface area contributed by atoms with Gasteiger partial charge in [-0.3, -0.25) is 4.90 Å². The van der Waals surface area contributed by atoms with Gasteiger partial charge in [-0.25, -0.2) is 0 Å². The third-order valence-electron chi connectivity index (χ3n) is 6.23. The molecule has 0 amide bonds. The van der Waals surface area contributed by atoms with Crippen LogP contribution in [0, 0.1) is 0 Å². The maximum atomic E-state index is 6.41. The summed E-state index contributed by atoms with van der Waals surface area (Å²) in [6.07, 6.45) is 7.32. The first kappa shape index (κ1) is 19.2. The quantitative estimate of drug-likeness (QED) is 0.833. The van der Waals surface area contributed by atoms with Crippen molar-refractivity contribution in [2.75, 3.05) is 26.7 Å². The normalized spacial score (nSPS) is 25.9. The average molecular weight is 378 g/mol. The van der Waals surface area contributed by atoms with Crippen molar-refractivity contribution in [1.82, 2.24) is 4.90 Å². The summed E-state index contributed by atoms with van der Waals surface area (Å²) in [5.41, 5.74) is 2.85. The van der Waals surface area contributed by atoms with E-state index in [-0.39, 0.29) is 0 Å². The number of benzene rings is 2. The first-order chi connectivity index (χ1) is 13.8. The van der Waals surface area contributed by atoms with Crippen LogP contribution in [0.15, 0.2) is 72.5 Å². The van der Waals surface area contributed by atoms with Gasteiger partial charge < -0.3 is 9.64 Å². The van der Waals surface area contributed by atoms with E-state index in [0.29, 0.717) is 12.1 Å². The Balaban J connectivity index is 1.23. The fraction of sp³-hybridized carbons (Fsp3) is 0.440. The maximum Gasteiger partial charge on any atom is 0.147 e. The van der Waals surface area contributed by atoms with E-state index in [0.717, 1.165) is 32.6 Å². The minimum atomic E-state index is 0.374. The van der Waals surface area contributed by atoms with Gasteiger partial charge in [0.25, 0.3) is 0 Å². The monoisotopic (exact) mass is 377 g/mol. The van der Waals surface area contributed by atoms with Crippen molar-refractivity contribution in [3.8, 4) is 0 Å². The number of nitrogens with zero attached hydrogens (tertiary/aromatic N) is 1.